The van der Waals surface area contributed by atoms with Crippen LogP contribution in [0.1, 0.15) is 57.2 Å². The second-order valence-corrected chi connectivity index (χ2v) is 7.89. The summed E-state index contributed by atoms with van der Waals surface area (Å²) in [6, 6.07) is 4.37. The Balaban J connectivity index is 2.23. The average molecular weight is 299 g/mol. The van der Waals surface area contributed by atoms with Gasteiger partial charge in [-0.05, 0) is 58.6 Å². The molecular weight excluding hydrogens is 274 g/mol. The quantitative estimate of drug-likeness (QED) is 0.841. The van der Waals surface area contributed by atoms with Gasteiger partial charge in [-0.1, -0.05) is 27.7 Å². The van der Waals surface area contributed by atoms with Gasteiger partial charge in [0.2, 0.25) is 0 Å². The zero-order valence-electron chi connectivity index (χ0n) is 13.9. The highest BCUT2D eigenvalue weighted by atomic mass is 16.4. The number of benzene rings is 1. The summed E-state index contributed by atoms with van der Waals surface area (Å²) in [5.41, 5.74) is 5.42. The van der Waals surface area contributed by atoms with E-state index in [2.05, 4.69) is 44.7 Å². The van der Waals surface area contributed by atoms with Crippen LogP contribution < -0.4 is 4.90 Å². The van der Waals surface area contributed by atoms with Crippen LogP contribution in [-0.2, 0) is 15.6 Å². The van der Waals surface area contributed by atoms with E-state index in [1.807, 2.05) is 0 Å². The molecule has 0 atom stereocenters. The number of nitrogens with zero attached hydrogens (tertiary/aromatic N) is 1. The fourth-order valence-corrected chi connectivity index (χ4v) is 3.73. The van der Waals surface area contributed by atoms with Gasteiger partial charge in [-0.3, -0.25) is 0 Å². The molecule has 0 saturated heterocycles. The van der Waals surface area contributed by atoms with Gasteiger partial charge in [0.05, 0.1) is 0 Å². The molecule has 3 nitrogen and oxygen atoms in total. The van der Waals surface area contributed by atoms with Crippen LogP contribution in [0.3, 0.4) is 0 Å². The number of hydrogen-bond donors (Lipinski definition) is 1. The molecular formula is C19H25NO2. The van der Waals surface area contributed by atoms with Crippen LogP contribution in [0.2, 0.25) is 0 Å². The standard InChI is InChI=1S/C19H25NO2/c1-18(2)7-9-20-10-8-19(3,4)15-12-13(5-6-16(21)22)11-14(18)17(15)20/h5-6,11-12H,7-10H2,1-4H3,(H,21,22)/b6-5+. The van der Waals surface area contributed by atoms with E-state index in [-0.39, 0.29) is 10.8 Å². The summed E-state index contributed by atoms with van der Waals surface area (Å²) in [5, 5.41) is 8.90. The summed E-state index contributed by atoms with van der Waals surface area (Å²) in [6.07, 6.45) is 5.24. The summed E-state index contributed by atoms with van der Waals surface area (Å²) >= 11 is 0. The van der Waals surface area contributed by atoms with Gasteiger partial charge in [-0.25, -0.2) is 4.79 Å². The predicted octanol–water partition coefficient (Wildman–Crippen LogP) is 3.95. The lowest BCUT2D eigenvalue weighted by Gasteiger charge is -2.48. The molecule has 1 N–H and O–H groups in total. The molecule has 0 bridgehead atoms. The highest BCUT2D eigenvalue weighted by Crippen LogP contribution is 2.49. The largest absolute Gasteiger partial charge is 0.478 e. The fraction of sp³-hybridized carbons (Fsp3) is 0.526. The van der Waals surface area contributed by atoms with Gasteiger partial charge in [0.1, 0.15) is 0 Å². The minimum atomic E-state index is -0.897. The first-order chi connectivity index (χ1) is 10.2. The summed E-state index contributed by atoms with van der Waals surface area (Å²) in [4.78, 5) is 13.4. The zero-order valence-corrected chi connectivity index (χ0v) is 13.9. The van der Waals surface area contributed by atoms with E-state index in [0.717, 1.165) is 31.5 Å². The van der Waals surface area contributed by atoms with Crippen LogP contribution in [0.15, 0.2) is 18.2 Å². The normalized spacial score (nSPS) is 21.7. The summed E-state index contributed by atoms with van der Waals surface area (Å²) in [5.74, 6) is -0.897. The Hall–Kier alpha value is -1.77. The molecule has 0 amide bonds. The molecule has 2 heterocycles. The number of aliphatic carboxylic acids is 1. The van der Waals surface area contributed by atoms with Crippen molar-refractivity contribution in [3.8, 4) is 0 Å². The van der Waals surface area contributed by atoms with Crippen molar-refractivity contribution in [3.63, 3.8) is 0 Å². The molecule has 0 spiro atoms. The summed E-state index contributed by atoms with van der Waals surface area (Å²) in [7, 11) is 0. The van der Waals surface area contributed by atoms with E-state index in [0.29, 0.717) is 0 Å². The molecule has 118 valence electrons. The Kier molecular flexibility index (Phi) is 3.35. The number of carboxylic acids is 1. The molecule has 3 rings (SSSR count). The molecule has 2 aliphatic rings. The smallest absolute Gasteiger partial charge is 0.328 e. The van der Waals surface area contributed by atoms with Gasteiger partial charge in [0.25, 0.3) is 0 Å². The molecule has 1 aromatic rings. The third-order valence-electron chi connectivity index (χ3n) is 5.34. The van der Waals surface area contributed by atoms with Crippen molar-refractivity contribution in [1.82, 2.24) is 0 Å². The average Bonchev–Trinajstić information content (AvgIpc) is 2.43. The monoisotopic (exact) mass is 299 g/mol. The van der Waals surface area contributed by atoms with Gasteiger partial charge >= 0.3 is 5.97 Å². The predicted molar refractivity (Wildman–Crippen MR) is 90.6 cm³/mol. The topological polar surface area (TPSA) is 40.5 Å². The molecule has 0 unspecified atom stereocenters. The first-order valence-electron chi connectivity index (χ1n) is 8.06. The Labute approximate surface area is 132 Å². The van der Waals surface area contributed by atoms with Crippen LogP contribution in [0, 0.1) is 0 Å². The lowest BCUT2D eigenvalue weighted by Crippen LogP contribution is -2.44. The van der Waals surface area contributed by atoms with E-state index in [9.17, 15) is 4.79 Å². The molecule has 0 aliphatic carbocycles. The highest BCUT2D eigenvalue weighted by Gasteiger charge is 2.39. The molecule has 0 aromatic heterocycles. The van der Waals surface area contributed by atoms with Gasteiger partial charge in [0, 0.05) is 24.9 Å². The van der Waals surface area contributed by atoms with Gasteiger partial charge in [-0.15, -0.1) is 0 Å². The number of anilines is 1. The third-order valence-corrected chi connectivity index (χ3v) is 5.34. The van der Waals surface area contributed by atoms with Crippen molar-refractivity contribution in [3.05, 3.63) is 34.9 Å². The Morgan fingerprint density at radius 2 is 1.59 bits per heavy atom. The van der Waals surface area contributed by atoms with Crippen LogP contribution in [-0.4, -0.2) is 24.2 Å². The lowest BCUT2D eigenvalue weighted by atomic mass is 9.69. The van der Waals surface area contributed by atoms with E-state index in [4.69, 9.17) is 5.11 Å². The van der Waals surface area contributed by atoms with Gasteiger partial charge in [-0.2, -0.15) is 0 Å². The summed E-state index contributed by atoms with van der Waals surface area (Å²) < 4.78 is 0. The van der Waals surface area contributed by atoms with Crippen molar-refractivity contribution in [2.45, 2.75) is 51.4 Å². The molecule has 0 radical (unpaired) electrons. The van der Waals surface area contributed by atoms with Crippen molar-refractivity contribution >= 4 is 17.7 Å². The second-order valence-electron chi connectivity index (χ2n) is 7.89. The van der Waals surface area contributed by atoms with Crippen molar-refractivity contribution < 1.29 is 9.90 Å². The minimum absolute atomic E-state index is 0.140. The van der Waals surface area contributed by atoms with Gasteiger partial charge in [0.15, 0.2) is 0 Å². The molecule has 1 aromatic carbocycles. The number of carbonyl (C=O) groups is 1. The Morgan fingerprint density at radius 1 is 1.09 bits per heavy atom. The van der Waals surface area contributed by atoms with Crippen LogP contribution in [0.4, 0.5) is 5.69 Å². The molecule has 0 saturated carbocycles. The lowest BCUT2D eigenvalue weighted by molar-refractivity contribution is -0.131. The van der Waals surface area contributed by atoms with E-state index in [1.54, 1.807) is 6.08 Å². The van der Waals surface area contributed by atoms with Gasteiger partial charge < -0.3 is 10.0 Å². The highest BCUT2D eigenvalue weighted by molar-refractivity contribution is 5.86. The minimum Gasteiger partial charge on any atom is -0.478 e. The van der Waals surface area contributed by atoms with Crippen molar-refractivity contribution in [1.29, 1.82) is 0 Å². The van der Waals surface area contributed by atoms with Crippen LogP contribution in [0.25, 0.3) is 6.08 Å². The van der Waals surface area contributed by atoms with E-state index >= 15 is 0 Å². The second kappa shape index (κ2) is 4.87. The Morgan fingerprint density at radius 3 is 2.05 bits per heavy atom. The van der Waals surface area contributed by atoms with Crippen LogP contribution >= 0.6 is 0 Å². The number of hydrogen-bond acceptors (Lipinski definition) is 2. The fourth-order valence-electron chi connectivity index (χ4n) is 3.73. The SMILES string of the molecule is CC1(C)CCN2CCC(C)(C)c3cc(/C=C/C(=O)O)cc1c32. The van der Waals surface area contributed by atoms with E-state index in [1.165, 1.54) is 22.9 Å². The Bertz CT molecular complexity index is 614. The number of rotatable bonds is 2. The molecule has 2 aliphatic heterocycles. The maximum Gasteiger partial charge on any atom is 0.328 e. The maximum absolute atomic E-state index is 10.8. The first-order valence-corrected chi connectivity index (χ1v) is 8.06. The maximum atomic E-state index is 10.8. The number of carboxylic acid groups (broad SMARTS) is 1. The first kappa shape index (κ1) is 15.1. The molecule has 3 heteroatoms. The van der Waals surface area contributed by atoms with Crippen LogP contribution in [0.5, 0.6) is 0 Å². The van der Waals surface area contributed by atoms with Crippen molar-refractivity contribution in [2.24, 2.45) is 0 Å². The molecule has 0 fully saturated rings. The third kappa shape index (κ3) is 2.43. The zero-order chi connectivity index (χ0) is 16.1. The van der Waals surface area contributed by atoms with E-state index < -0.39 is 5.97 Å². The van der Waals surface area contributed by atoms with Crippen molar-refractivity contribution in [2.75, 3.05) is 18.0 Å². The summed E-state index contributed by atoms with van der Waals surface area (Å²) in [6.45, 7) is 11.4. The molecule has 22 heavy (non-hydrogen) atoms.